The maximum Gasteiger partial charge on any atom is 0.413 e. The molecule has 116 valence electrons. The van der Waals surface area contributed by atoms with Crippen molar-refractivity contribution >= 4 is 45.8 Å². The van der Waals surface area contributed by atoms with E-state index in [9.17, 15) is 14.0 Å². The van der Waals surface area contributed by atoms with E-state index in [1.807, 2.05) is 0 Å². The van der Waals surface area contributed by atoms with Crippen LogP contribution in [0.15, 0.2) is 23.6 Å². The molecular formula is C13H11ClFN3O3S. The van der Waals surface area contributed by atoms with Crippen molar-refractivity contribution in [3.05, 3.63) is 40.1 Å². The van der Waals surface area contributed by atoms with Gasteiger partial charge in [0.25, 0.3) is 0 Å². The number of benzene rings is 1. The molecule has 9 heteroatoms. The highest BCUT2D eigenvalue weighted by Crippen LogP contribution is 2.20. The summed E-state index contributed by atoms with van der Waals surface area (Å²) in [7, 11) is 1.24. The molecule has 2 amide bonds. The number of anilines is 2. The normalized spacial score (nSPS) is 10.1. The molecule has 1 heterocycles. The second-order valence-corrected chi connectivity index (χ2v) is 5.38. The Morgan fingerprint density at radius 3 is 2.86 bits per heavy atom. The number of hydrogen-bond acceptors (Lipinski definition) is 5. The van der Waals surface area contributed by atoms with Gasteiger partial charge in [-0.2, -0.15) is 0 Å². The number of carbonyl (C=O) groups excluding carboxylic acids is 2. The molecular weight excluding hydrogens is 333 g/mol. The van der Waals surface area contributed by atoms with Crippen LogP contribution >= 0.6 is 22.9 Å². The number of halogens is 2. The summed E-state index contributed by atoms with van der Waals surface area (Å²) in [6, 6.07) is 3.89. The van der Waals surface area contributed by atoms with Crippen molar-refractivity contribution in [1.82, 2.24) is 4.98 Å². The average molecular weight is 344 g/mol. The van der Waals surface area contributed by atoms with Crippen molar-refractivity contribution in [2.45, 2.75) is 6.42 Å². The third-order valence-electron chi connectivity index (χ3n) is 2.49. The Hall–Kier alpha value is -2.19. The molecule has 0 aliphatic heterocycles. The zero-order chi connectivity index (χ0) is 16.1. The molecule has 0 radical (unpaired) electrons. The fourth-order valence-electron chi connectivity index (χ4n) is 1.53. The Bertz CT molecular complexity index is 708. The van der Waals surface area contributed by atoms with Crippen LogP contribution in [0.5, 0.6) is 0 Å². The molecule has 0 bridgehead atoms. The van der Waals surface area contributed by atoms with Gasteiger partial charge in [-0.3, -0.25) is 10.1 Å². The first kappa shape index (κ1) is 16.2. The van der Waals surface area contributed by atoms with E-state index < -0.39 is 11.9 Å². The first-order valence-electron chi connectivity index (χ1n) is 6.02. The van der Waals surface area contributed by atoms with Gasteiger partial charge in [-0.15, -0.1) is 11.3 Å². The molecule has 0 aliphatic rings. The van der Waals surface area contributed by atoms with E-state index in [0.29, 0.717) is 16.5 Å². The number of nitrogens with zero attached hydrogens (tertiary/aromatic N) is 1. The van der Waals surface area contributed by atoms with Gasteiger partial charge in [-0.05, 0) is 18.2 Å². The fraction of sp³-hybridized carbons (Fsp3) is 0.154. The second-order valence-electron chi connectivity index (χ2n) is 4.11. The smallest absolute Gasteiger partial charge is 0.413 e. The molecule has 2 aromatic rings. The molecule has 0 saturated heterocycles. The van der Waals surface area contributed by atoms with Crippen molar-refractivity contribution in [2.75, 3.05) is 17.7 Å². The van der Waals surface area contributed by atoms with Crippen molar-refractivity contribution in [3.63, 3.8) is 0 Å². The van der Waals surface area contributed by atoms with Crippen LogP contribution < -0.4 is 10.6 Å². The van der Waals surface area contributed by atoms with Crippen LogP contribution in [0.4, 0.5) is 20.0 Å². The standard InChI is InChI=1S/C13H11ClFN3O3S/c1-21-13(20)18-12-17-8(6-22-12)5-11(19)16-7-2-3-10(15)9(14)4-7/h2-4,6H,5H2,1H3,(H,16,19)(H,17,18,20). The number of thiazole rings is 1. The summed E-state index contributed by atoms with van der Waals surface area (Å²) in [4.78, 5) is 27.0. The summed E-state index contributed by atoms with van der Waals surface area (Å²) < 4.78 is 17.5. The van der Waals surface area contributed by atoms with Crippen LogP contribution in [0, 0.1) is 5.82 Å². The maximum absolute atomic E-state index is 13.0. The molecule has 2 rings (SSSR count). The predicted molar refractivity (Wildman–Crippen MR) is 81.9 cm³/mol. The molecule has 6 nitrogen and oxygen atoms in total. The monoisotopic (exact) mass is 343 g/mol. The summed E-state index contributed by atoms with van der Waals surface area (Å²) in [5.41, 5.74) is 0.877. The van der Waals surface area contributed by atoms with Gasteiger partial charge < -0.3 is 10.1 Å². The van der Waals surface area contributed by atoms with Crippen LogP contribution in [0.1, 0.15) is 5.69 Å². The summed E-state index contributed by atoms with van der Waals surface area (Å²) in [5.74, 6) is -0.893. The molecule has 0 spiro atoms. The Kier molecular flexibility index (Phi) is 5.29. The third-order valence-corrected chi connectivity index (χ3v) is 3.59. The van der Waals surface area contributed by atoms with Gasteiger partial charge in [0.05, 0.1) is 24.2 Å². The first-order chi connectivity index (χ1) is 10.5. The number of aromatic nitrogens is 1. The lowest BCUT2D eigenvalue weighted by atomic mass is 10.2. The Morgan fingerprint density at radius 2 is 2.18 bits per heavy atom. The Balaban J connectivity index is 1.94. The quantitative estimate of drug-likeness (QED) is 0.892. The van der Waals surface area contributed by atoms with E-state index in [1.54, 1.807) is 5.38 Å². The lowest BCUT2D eigenvalue weighted by molar-refractivity contribution is -0.115. The first-order valence-corrected chi connectivity index (χ1v) is 7.28. The van der Waals surface area contributed by atoms with E-state index in [2.05, 4.69) is 20.4 Å². The van der Waals surface area contributed by atoms with Gasteiger partial charge in [-0.1, -0.05) is 11.6 Å². The minimum absolute atomic E-state index is 0.00828. The third kappa shape index (κ3) is 4.40. The van der Waals surface area contributed by atoms with E-state index in [-0.39, 0.29) is 17.4 Å². The molecule has 2 N–H and O–H groups in total. The van der Waals surface area contributed by atoms with E-state index in [1.165, 1.54) is 36.6 Å². The summed E-state index contributed by atoms with van der Waals surface area (Å²) in [5, 5.41) is 6.89. The molecule has 0 atom stereocenters. The number of amides is 2. The highest BCUT2D eigenvalue weighted by atomic mass is 35.5. The molecule has 1 aromatic heterocycles. The number of ether oxygens (including phenoxy) is 1. The van der Waals surface area contributed by atoms with Gasteiger partial charge in [-0.25, -0.2) is 14.2 Å². The number of hydrogen-bond donors (Lipinski definition) is 2. The molecule has 0 fully saturated rings. The fourth-order valence-corrected chi connectivity index (χ4v) is 2.40. The molecule has 0 aliphatic carbocycles. The minimum atomic E-state index is -0.633. The zero-order valence-corrected chi connectivity index (χ0v) is 12.9. The van der Waals surface area contributed by atoms with Crippen molar-refractivity contribution in [2.24, 2.45) is 0 Å². The number of carbonyl (C=O) groups is 2. The van der Waals surface area contributed by atoms with Gasteiger partial charge in [0, 0.05) is 11.1 Å². The van der Waals surface area contributed by atoms with Gasteiger partial charge in [0.2, 0.25) is 5.91 Å². The topological polar surface area (TPSA) is 80.3 Å². The molecule has 1 aromatic carbocycles. The molecule has 0 saturated carbocycles. The number of rotatable bonds is 4. The SMILES string of the molecule is COC(=O)Nc1nc(CC(=O)Nc2ccc(F)c(Cl)c2)cs1. The Labute approximate surface area is 134 Å². The summed E-state index contributed by atoms with van der Waals surface area (Å²) in [6.07, 6.45) is -0.625. The predicted octanol–water partition coefficient (Wildman–Crippen LogP) is 3.30. The van der Waals surface area contributed by atoms with Crippen LogP contribution in [0.3, 0.4) is 0 Å². The lowest BCUT2D eigenvalue weighted by Crippen LogP contribution is -2.15. The van der Waals surface area contributed by atoms with Crippen LogP contribution in [0.25, 0.3) is 0 Å². The van der Waals surface area contributed by atoms with Gasteiger partial charge in [0.1, 0.15) is 5.82 Å². The van der Waals surface area contributed by atoms with Crippen LogP contribution in [0.2, 0.25) is 5.02 Å². The number of nitrogens with one attached hydrogen (secondary N) is 2. The average Bonchev–Trinajstić information content (AvgIpc) is 2.89. The highest BCUT2D eigenvalue weighted by Gasteiger charge is 2.11. The number of methoxy groups -OCH3 is 1. The Morgan fingerprint density at radius 1 is 1.41 bits per heavy atom. The largest absolute Gasteiger partial charge is 0.453 e. The second kappa shape index (κ2) is 7.19. The van der Waals surface area contributed by atoms with Crippen molar-refractivity contribution < 1.29 is 18.7 Å². The van der Waals surface area contributed by atoms with Gasteiger partial charge >= 0.3 is 6.09 Å². The van der Waals surface area contributed by atoms with E-state index >= 15 is 0 Å². The van der Waals surface area contributed by atoms with Crippen LogP contribution in [-0.4, -0.2) is 24.1 Å². The zero-order valence-electron chi connectivity index (χ0n) is 11.4. The lowest BCUT2D eigenvalue weighted by Gasteiger charge is -2.04. The van der Waals surface area contributed by atoms with Crippen molar-refractivity contribution in [3.8, 4) is 0 Å². The summed E-state index contributed by atoms with van der Waals surface area (Å²) >= 11 is 6.81. The van der Waals surface area contributed by atoms with E-state index in [4.69, 9.17) is 11.6 Å². The van der Waals surface area contributed by atoms with Crippen LogP contribution in [-0.2, 0) is 16.0 Å². The minimum Gasteiger partial charge on any atom is -0.453 e. The molecule has 0 unspecified atom stereocenters. The van der Waals surface area contributed by atoms with Gasteiger partial charge in [0.15, 0.2) is 5.13 Å². The van der Waals surface area contributed by atoms with E-state index in [0.717, 1.165) is 0 Å². The summed E-state index contributed by atoms with van der Waals surface area (Å²) in [6.45, 7) is 0. The highest BCUT2D eigenvalue weighted by molar-refractivity contribution is 7.13. The van der Waals surface area contributed by atoms with Crippen molar-refractivity contribution in [1.29, 1.82) is 0 Å². The molecule has 22 heavy (non-hydrogen) atoms. The maximum atomic E-state index is 13.0.